The first kappa shape index (κ1) is 15.6. The van der Waals surface area contributed by atoms with E-state index < -0.39 is 5.97 Å². The molecule has 21 heavy (non-hydrogen) atoms. The van der Waals surface area contributed by atoms with Crippen LogP contribution >= 0.6 is 27.7 Å². The van der Waals surface area contributed by atoms with Gasteiger partial charge in [-0.05, 0) is 64.3 Å². The summed E-state index contributed by atoms with van der Waals surface area (Å²) < 4.78 is 0.578. The maximum atomic E-state index is 11.1. The molecule has 0 saturated heterocycles. The zero-order valence-corrected chi connectivity index (χ0v) is 13.7. The van der Waals surface area contributed by atoms with Gasteiger partial charge in [0.05, 0.1) is 17.2 Å². The van der Waals surface area contributed by atoms with Crippen molar-refractivity contribution in [3.8, 4) is 6.07 Å². The second kappa shape index (κ2) is 6.79. The van der Waals surface area contributed by atoms with Crippen LogP contribution in [0.1, 0.15) is 27.0 Å². The van der Waals surface area contributed by atoms with Gasteiger partial charge in [-0.25, -0.2) is 4.79 Å². The zero-order chi connectivity index (χ0) is 15.4. The number of hydrogen-bond donors (Lipinski definition) is 1. The van der Waals surface area contributed by atoms with Crippen LogP contribution in [-0.2, 0) is 5.75 Å². The highest BCUT2D eigenvalue weighted by Gasteiger charge is 2.09. The average molecular weight is 362 g/mol. The highest BCUT2D eigenvalue weighted by molar-refractivity contribution is 9.10. The van der Waals surface area contributed by atoms with Crippen molar-refractivity contribution >= 4 is 33.7 Å². The van der Waals surface area contributed by atoms with Crippen LogP contribution < -0.4 is 0 Å². The summed E-state index contributed by atoms with van der Waals surface area (Å²) in [5, 5.41) is 18.0. The summed E-state index contributed by atoms with van der Waals surface area (Å²) in [4.78, 5) is 12.0. The monoisotopic (exact) mass is 361 g/mol. The Labute approximate surface area is 135 Å². The maximum Gasteiger partial charge on any atom is 0.336 e. The molecule has 0 aliphatic carbocycles. The minimum absolute atomic E-state index is 0.261. The molecule has 1 N–H and O–H groups in total. The molecular formula is C16H12BrNO2S. The molecule has 0 radical (unpaired) electrons. The molecule has 0 fully saturated rings. The van der Waals surface area contributed by atoms with Gasteiger partial charge in [-0.3, -0.25) is 0 Å². The first-order chi connectivity index (χ1) is 10.0. The second-order valence-electron chi connectivity index (χ2n) is 4.49. The molecule has 0 atom stereocenters. The van der Waals surface area contributed by atoms with Crippen LogP contribution in [0.3, 0.4) is 0 Å². The Balaban J connectivity index is 2.15. The van der Waals surface area contributed by atoms with Crippen molar-refractivity contribution in [2.45, 2.75) is 17.6 Å². The van der Waals surface area contributed by atoms with Gasteiger partial charge in [-0.2, -0.15) is 5.26 Å². The molecule has 0 bridgehead atoms. The highest BCUT2D eigenvalue weighted by Crippen LogP contribution is 2.28. The molecule has 0 amide bonds. The van der Waals surface area contributed by atoms with Crippen molar-refractivity contribution < 1.29 is 9.90 Å². The van der Waals surface area contributed by atoms with E-state index in [1.165, 1.54) is 0 Å². The molecule has 0 saturated carbocycles. The summed E-state index contributed by atoms with van der Waals surface area (Å²) in [5.41, 5.74) is 3.12. The first-order valence-electron chi connectivity index (χ1n) is 6.16. The van der Waals surface area contributed by atoms with Crippen molar-refractivity contribution in [2.24, 2.45) is 0 Å². The van der Waals surface area contributed by atoms with Crippen molar-refractivity contribution in [3.05, 3.63) is 63.1 Å². The van der Waals surface area contributed by atoms with E-state index in [0.717, 1.165) is 21.8 Å². The Bertz CT molecular complexity index is 738. The lowest BCUT2D eigenvalue weighted by Crippen LogP contribution is -1.97. The molecule has 106 valence electrons. The van der Waals surface area contributed by atoms with Gasteiger partial charge >= 0.3 is 5.97 Å². The fourth-order valence-corrected chi connectivity index (χ4v) is 3.27. The fraction of sp³-hybridized carbons (Fsp3) is 0.125. The standard InChI is InChI=1S/C16H12BrNO2S/c1-10-6-11(8-18)2-3-12(10)9-21-13-4-5-15(17)14(7-13)16(19)20/h2-7H,9H2,1H3,(H,19,20). The van der Waals surface area contributed by atoms with Gasteiger partial charge in [0, 0.05) is 15.1 Å². The summed E-state index contributed by atoms with van der Waals surface area (Å²) in [6, 6.07) is 13.0. The summed E-state index contributed by atoms with van der Waals surface area (Å²) in [7, 11) is 0. The third-order valence-electron chi connectivity index (χ3n) is 3.03. The summed E-state index contributed by atoms with van der Waals surface area (Å²) in [5.74, 6) is -0.211. The summed E-state index contributed by atoms with van der Waals surface area (Å²) >= 11 is 4.81. The number of hydrogen-bond acceptors (Lipinski definition) is 3. The van der Waals surface area contributed by atoms with E-state index in [4.69, 9.17) is 10.4 Å². The number of rotatable bonds is 4. The van der Waals surface area contributed by atoms with Crippen LogP contribution in [-0.4, -0.2) is 11.1 Å². The molecule has 0 spiro atoms. The lowest BCUT2D eigenvalue weighted by atomic mass is 10.1. The Morgan fingerprint density at radius 3 is 2.71 bits per heavy atom. The topological polar surface area (TPSA) is 61.1 Å². The summed E-state index contributed by atoms with van der Waals surface area (Å²) in [6.45, 7) is 1.97. The van der Waals surface area contributed by atoms with E-state index in [1.54, 1.807) is 30.0 Å². The highest BCUT2D eigenvalue weighted by atomic mass is 79.9. The van der Waals surface area contributed by atoms with E-state index in [0.29, 0.717) is 10.0 Å². The first-order valence-corrected chi connectivity index (χ1v) is 7.94. The Kier molecular flexibility index (Phi) is 5.05. The van der Waals surface area contributed by atoms with Crippen LogP contribution in [0.15, 0.2) is 45.8 Å². The van der Waals surface area contributed by atoms with Crippen LogP contribution in [0.2, 0.25) is 0 Å². The number of carboxylic acids is 1. The molecule has 0 aromatic heterocycles. The fourth-order valence-electron chi connectivity index (χ4n) is 1.85. The Morgan fingerprint density at radius 1 is 1.33 bits per heavy atom. The van der Waals surface area contributed by atoms with Gasteiger partial charge in [0.2, 0.25) is 0 Å². The number of nitrogens with zero attached hydrogens (tertiary/aromatic N) is 1. The van der Waals surface area contributed by atoms with Gasteiger partial charge in [-0.1, -0.05) is 6.07 Å². The number of carbonyl (C=O) groups is 1. The Morgan fingerprint density at radius 2 is 2.10 bits per heavy atom. The molecule has 2 rings (SSSR count). The van der Waals surface area contributed by atoms with Crippen molar-refractivity contribution in [1.29, 1.82) is 5.26 Å². The Hall–Kier alpha value is -1.77. The number of benzene rings is 2. The number of halogens is 1. The van der Waals surface area contributed by atoms with E-state index in [2.05, 4.69) is 22.0 Å². The van der Waals surface area contributed by atoms with E-state index in [1.807, 2.05) is 25.1 Å². The van der Waals surface area contributed by atoms with Gasteiger partial charge in [0.25, 0.3) is 0 Å². The smallest absolute Gasteiger partial charge is 0.336 e. The molecule has 5 heteroatoms. The van der Waals surface area contributed by atoms with Crippen LogP contribution in [0, 0.1) is 18.3 Å². The minimum Gasteiger partial charge on any atom is -0.478 e. The van der Waals surface area contributed by atoms with Gasteiger partial charge in [0.15, 0.2) is 0 Å². The van der Waals surface area contributed by atoms with E-state index >= 15 is 0 Å². The molecule has 0 unspecified atom stereocenters. The molecule has 0 aliphatic rings. The largest absolute Gasteiger partial charge is 0.478 e. The molecule has 0 aliphatic heterocycles. The van der Waals surface area contributed by atoms with E-state index in [9.17, 15) is 4.79 Å². The molecule has 3 nitrogen and oxygen atoms in total. The van der Waals surface area contributed by atoms with Gasteiger partial charge in [-0.15, -0.1) is 11.8 Å². The minimum atomic E-state index is -0.945. The third kappa shape index (κ3) is 3.87. The maximum absolute atomic E-state index is 11.1. The lowest BCUT2D eigenvalue weighted by molar-refractivity contribution is 0.0695. The molecule has 2 aromatic carbocycles. The molecular weight excluding hydrogens is 350 g/mol. The SMILES string of the molecule is Cc1cc(C#N)ccc1CSc1ccc(Br)c(C(=O)O)c1. The van der Waals surface area contributed by atoms with Crippen LogP contribution in [0.25, 0.3) is 0 Å². The second-order valence-corrected chi connectivity index (χ2v) is 6.39. The molecule has 2 aromatic rings. The average Bonchev–Trinajstić information content (AvgIpc) is 2.47. The summed E-state index contributed by atoms with van der Waals surface area (Å²) in [6.07, 6.45) is 0. The predicted octanol–water partition coefficient (Wildman–Crippen LogP) is 4.62. The third-order valence-corrected chi connectivity index (χ3v) is 4.77. The number of nitriles is 1. The lowest BCUT2D eigenvalue weighted by Gasteiger charge is -2.07. The number of aromatic carboxylic acids is 1. The van der Waals surface area contributed by atoms with Gasteiger partial charge < -0.3 is 5.11 Å². The van der Waals surface area contributed by atoms with Crippen LogP contribution in [0.4, 0.5) is 0 Å². The van der Waals surface area contributed by atoms with Gasteiger partial charge in [0.1, 0.15) is 0 Å². The van der Waals surface area contributed by atoms with E-state index in [-0.39, 0.29) is 5.56 Å². The van der Waals surface area contributed by atoms with Crippen LogP contribution in [0.5, 0.6) is 0 Å². The zero-order valence-electron chi connectivity index (χ0n) is 11.3. The predicted molar refractivity (Wildman–Crippen MR) is 86.6 cm³/mol. The van der Waals surface area contributed by atoms with Crippen molar-refractivity contribution in [3.63, 3.8) is 0 Å². The van der Waals surface area contributed by atoms with Crippen molar-refractivity contribution in [1.82, 2.24) is 0 Å². The molecule has 0 heterocycles. The van der Waals surface area contributed by atoms with Crippen molar-refractivity contribution in [2.75, 3.05) is 0 Å². The number of carboxylic acid groups (broad SMARTS) is 1. The number of thioether (sulfide) groups is 1. The quantitative estimate of drug-likeness (QED) is 0.807. The normalized spacial score (nSPS) is 10.1. The number of aryl methyl sites for hydroxylation is 1.